The lowest BCUT2D eigenvalue weighted by Crippen LogP contribution is -2.09. The third-order valence-corrected chi connectivity index (χ3v) is 3.90. The lowest BCUT2D eigenvalue weighted by Gasteiger charge is -2.01. The van der Waals surface area contributed by atoms with E-state index in [1.807, 2.05) is 53.1 Å². The van der Waals surface area contributed by atoms with Crippen LogP contribution in [0.4, 0.5) is 0 Å². The predicted octanol–water partition coefficient (Wildman–Crippen LogP) is 3.70. The molecule has 0 aliphatic heterocycles. The van der Waals surface area contributed by atoms with Crippen LogP contribution in [-0.4, -0.2) is 9.38 Å². The molecule has 0 saturated heterocycles. The minimum absolute atomic E-state index is 0.0592. The Kier molecular flexibility index (Phi) is 2.11. The van der Waals surface area contributed by atoms with Crippen LogP contribution < -0.4 is 5.56 Å². The van der Waals surface area contributed by atoms with Gasteiger partial charge in [-0.2, -0.15) is 0 Å². The fourth-order valence-electron chi connectivity index (χ4n) is 2.58. The van der Waals surface area contributed by atoms with Crippen LogP contribution in [-0.2, 0) is 0 Å². The monoisotopic (exact) mass is 312 g/mol. The molecule has 4 heteroatoms. The van der Waals surface area contributed by atoms with E-state index < -0.39 is 0 Å². The second-order valence-corrected chi connectivity index (χ2v) is 5.47. The first kappa shape index (κ1) is 10.8. The highest BCUT2D eigenvalue weighted by Crippen LogP contribution is 2.25. The van der Waals surface area contributed by atoms with Gasteiger partial charge in [0, 0.05) is 21.4 Å². The van der Waals surface area contributed by atoms with Gasteiger partial charge >= 0.3 is 0 Å². The summed E-state index contributed by atoms with van der Waals surface area (Å²) < 4.78 is 2.97. The van der Waals surface area contributed by atoms with Crippen LogP contribution in [0.25, 0.3) is 27.3 Å². The van der Waals surface area contributed by atoms with Crippen LogP contribution in [0.2, 0.25) is 0 Å². The molecule has 0 unspecified atom stereocenters. The fourth-order valence-corrected chi connectivity index (χ4v) is 2.96. The van der Waals surface area contributed by atoms with Crippen molar-refractivity contribution in [3.63, 3.8) is 0 Å². The summed E-state index contributed by atoms with van der Waals surface area (Å²) in [6.45, 7) is 0. The second-order valence-electron chi connectivity index (χ2n) is 4.55. The Balaban J connectivity index is 2.37. The minimum atomic E-state index is -0.0592. The Bertz CT molecular complexity index is 997. The molecule has 2 heterocycles. The van der Waals surface area contributed by atoms with Crippen molar-refractivity contribution in [2.75, 3.05) is 0 Å². The number of halogens is 1. The van der Waals surface area contributed by atoms with E-state index in [0.717, 1.165) is 26.3 Å². The molecule has 0 atom stereocenters. The molecule has 0 spiro atoms. The molecule has 0 aliphatic carbocycles. The first-order valence-corrected chi connectivity index (χ1v) is 6.75. The molecule has 3 nitrogen and oxygen atoms in total. The number of rotatable bonds is 0. The predicted molar refractivity (Wildman–Crippen MR) is 80.7 cm³/mol. The molecular formula is C15H9BrN2O. The highest BCUT2D eigenvalue weighted by atomic mass is 79.9. The van der Waals surface area contributed by atoms with Gasteiger partial charge < -0.3 is 9.38 Å². The Morgan fingerprint density at radius 3 is 2.84 bits per heavy atom. The first-order valence-electron chi connectivity index (χ1n) is 5.95. The van der Waals surface area contributed by atoms with Crippen molar-refractivity contribution in [2.24, 2.45) is 0 Å². The summed E-state index contributed by atoms with van der Waals surface area (Å²) in [7, 11) is 0. The van der Waals surface area contributed by atoms with Gasteiger partial charge in [0.25, 0.3) is 5.56 Å². The topological polar surface area (TPSA) is 37.3 Å². The van der Waals surface area contributed by atoms with E-state index >= 15 is 0 Å². The summed E-state index contributed by atoms with van der Waals surface area (Å²) in [6, 6.07) is 13.8. The lowest BCUT2D eigenvalue weighted by atomic mass is 10.2. The number of fused-ring (bicyclic) bond motifs is 5. The van der Waals surface area contributed by atoms with Gasteiger partial charge in [0.2, 0.25) is 0 Å². The van der Waals surface area contributed by atoms with Crippen LogP contribution in [0.3, 0.4) is 0 Å². The average molecular weight is 313 g/mol. The van der Waals surface area contributed by atoms with Crippen molar-refractivity contribution >= 4 is 43.3 Å². The van der Waals surface area contributed by atoms with Crippen molar-refractivity contribution in [2.45, 2.75) is 0 Å². The average Bonchev–Trinajstić information content (AvgIpc) is 2.78. The van der Waals surface area contributed by atoms with E-state index in [1.54, 1.807) is 0 Å². The summed E-state index contributed by atoms with van der Waals surface area (Å²) in [6.07, 6.45) is 2.01. The van der Waals surface area contributed by atoms with Crippen molar-refractivity contribution in [3.05, 3.63) is 63.5 Å². The molecule has 4 aromatic rings. The van der Waals surface area contributed by atoms with Gasteiger partial charge in [0.1, 0.15) is 5.52 Å². The van der Waals surface area contributed by atoms with Crippen molar-refractivity contribution in [1.82, 2.24) is 9.38 Å². The Hall–Kier alpha value is -2.07. The molecular weight excluding hydrogens is 304 g/mol. The molecule has 1 N–H and O–H groups in total. The lowest BCUT2D eigenvalue weighted by molar-refractivity contribution is 1.19. The van der Waals surface area contributed by atoms with Gasteiger partial charge in [0.05, 0.1) is 11.0 Å². The normalized spacial score (nSPS) is 11.6. The third-order valence-electron chi connectivity index (χ3n) is 3.40. The zero-order valence-electron chi connectivity index (χ0n) is 9.85. The summed E-state index contributed by atoms with van der Waals surface area (Å²) >= 11 is 3.46. The van der Waals surface area contributed by atoms with Crippen LogP contribution in [0.15, 0.2) is 57.9 Å². The number of hydrogen-bond acceptors (Lipinski definition) is 1. The quantitative estimate of drug-likeness (QED) is 0.528. The SMILES string of the molecule is O=c1[nH]c2ccccc2n2cc3cc(Br)ccc3c12. The van der Waals surface area contributed by atoms with Gasteiger partial charge in [-0.25, -0.2) is 0 Å². The Labute approximate surface area is 116 Å². The molecule has 0 bridgehead atoms. The number of hydrogen-bond donors (Lipinski definition) is 1. The van der Waals surface area contributed by atoms with Gasteiger partial charge in [0.15, 0.2) is 0 Å². The van der Waals surface area contributed by atoms with E-state index in [-0.39, 0.29) is 5.56 Å². The third kappa shape index (κ3) is 1.47. The van der Waals surface area contributed by atoms with Gasteiger partial charge in [-0.15, -0.1) is 0 Å². The summed E-state index contributed by atoms with van der Waals surface area (Å²) in [5.74, 6) is 0. The first-order chi connectivity index (χ1) is 9.24. The molecule has 0 aliphatic rings. The fraction of sp³-hybridized carbons (Fsp3) is 0. The number of benzene rings is 2. The largest absolute Gasteiger partial charge is 0.319 e. The highest BCUT2D eigenvalue weighted by molar-refractivity contribution is 9.10. The summed E-state index contributed by atoms with van der Waals surface area (Å²) in [5, 5.41) is 2.02. The van der Waals surface area contributed by atoms with E-state index in [4.69, 9.17) is 0 Å². The molecule has 0 radical (unpaired) electrons. The summed E-state index contributed by atoms with van der Waals surface area (Å²) in [5.41, 5.74) is 2.49. The zero-order chi connectivity index (χ0) is 13.0. The maximum absolute atomic E-state index is 12.3. The minimum Gasteiger partial charge on any atom is -0.319 e. The van der Waals surface area contributed by atoms with E-state index in [9.17, 15) is 4.79 Å². The Morgan fingerprint density at radius 2 is 1.95 bits per heavy atom. The summed E-state index contributed by atoms with van der Waals surface area (Å²) in [4.78, 5) is 15.2. The molecule has 92 valence electrons. The van der Waals surface area contributed by atoms with Crippen molar-refractivity contribution < 1.29 is 0 Å². The Morgan fingerprint density at radius 1 is 1.11 bits per heavy atom. The van der Waals surface area contributed by atoms with Gasteiger partial charge in [-0.1, -0.05) is 34.1 Å². The number of H-pyrrole nitrogens is 1. The molecule has 0 saturated carbocycles. The van der Waals surface area contributed by atoms with Crippen LogP contribution >= 0.6 is 15.9 Å². The number of nitrogens with zero attached hydrogens (tertiary/aromatic N) is 1. The molecule has 4 rings (SSSR count). The number of aromatic nitrogens is 2. The van der Waals surface area contributed by atoms with Crippen LogP contribution in [0.5, 0.6) is 0 Å². The standard InChI is InChI=1S/C15H9BrN2O/c16-10-5-6-11-9(7-10)8-18-13-4-2-1-3-12(13)17-15(19)14(11)18/h1-8H,(H,17,19). The van der Waals surface area contributed by atoms with E-state index in [2.05, 4.69) is 20.9 Å². The van der Waals surface area contributed by atoms with E-state index in [1.165, 1.54) is 0 Å². The molecule has 0 amide bonds. The second kappa shape index (κ2) is 3.71. The van der Waals surface area contributed by atoms with Crippen LogP contribution in [0, 0.1) is 0 Å². The van der Waals surface area contributed by atoms with Crippen molar-refractivity contribution in [3.8, 4) is 0 Å². The number of nitrogens with one attached hydrogen (secondary N) is 1. The maximum atomic E-state index is 12.3. The zero-order valence-corrected chi connectivity index (χ0v) is 11.4. The smallest absolute Gasteiger partial charge is 0.273 e. The number of aromatic amines is 1. The molecule has 19 heavy (non-hydrogen) atoms. The van der Waals surface area contributed by atoms with E-state index in [0.29, 0.717) is 5.52 Å². The molecule has 2 aromatic carbocycles. The van der Waals surface area contributed by atoms with Crippen molar-refractivity contribution in [1.29, 1.82) is 0 Å². The molecule has 2 aromatic heterocycles. The maximum Gasteiger partial charge on any atom is 0.273 e. The van der Waals surface area contributed by atoms with Crippen LogP contribution in [0.1, 0.15) is 0 Å². The van der Waals surface area contributed by atoms with Gasteiger partial charge in [-0.05, 0) is 24.3 Å². The highest BCUT2D eigenvalue weighted by Gasteiger charge is 2.09. The molecule has 0 fully saturated rings. The number of para-hydroxylation sites is 2. The van der Waals surface area contributed by atoms with Gasteiger partial charge in [-0.3, -0.25) is 4.79 Å².